The highest BCUT2D eigenvalue weighted by molar-refractivity contribution is 5.94. The lowest BCUT2D eigenvalue weighted by molar-refractivity contribution is 0.0729. The lowest BCUT2D eigenvalue weighted by Gasteiger charge is -2.31. The normalized spacial score (nSPS) is 19.9. The Morgan fingerprint density at radius 3 is 2.71 bits per heavy atom. The van der Waals surface area contributed by atoms with Crippen LogP contribution in [0.1, 0.15) is 60.2 Å². The van der Waals surface area contributed by atoms with E-state index >= 15 is 0 Å². The summed E-state index contributed by atoms with van der Waals surface area (Å²) in [6.45, 7) is 6.33. The van der Waals surface area contributed by atoms with Gasteiger partial charge in [0.1, 0.15) is 11.6 Å². The molecule has 1 fully saturated rings. The number of hydrogen-bond acceptors (Lipinski definition) is 4. The number of hydrogen-bond donors (Lipinski definition) is 1. The maximum atomic E-state index is 13.2. The van der Waals surface area contributed by atoms with Gasteiger partial charge in [0.2, 0.25) is 0 Å². The second-order valence-corrected chi connectivity index (χ2v) is 7.85. The number of aromatic nitrogens is 2. The number of fused-ring (bicyclic) bond motifs is 1. The third-order valence-corrected chi connectivity index (χ3v) is 5.77. The van der Waals surface area contributed by atoms with Crippen LogP contribution >= 0.6 is 0 Å². The Labute approximate surface area is 163 Å². The van der Waals surface area contributed by atoms with Crippen molar-refractivity contribution < 1.29 is 9.18 Å². The van der Waals surface area contributed by atoms with Crippen molar-refractivity contribution in [2.24, 2.45) is 0 Å². The Hall–Kier alpha value is -2.54. The Morgan fingerprint density at radius 2 is 2.00 bits per heavy atom. The summed E-state index contributed by atoms with van der Waals surface area (Å²) in [7, 11) is 0. The van der Waals surface area contributed by atoms with Crippen LogP contribution in [0.5, 0.6) is 0 Å². The van der Waals surface area contributed by atoms with E-state index in [0.29, 0.717) is 30.5 Å². The standard InChI is InChI=1S/C21H25FN4O2/c1-13(2)25-11-9-17-16(12-25)20(27)24-19(23-17)18-4-3-10-26(18)21(28)14-5-7-15(22)8-6-14/h5-8,13,18H,3-4,9-12H2,1-2H3,(H,23,24,27). The summed E-state index contributed by atoms with van der Waals surface area (Å²) in [5.41, 5.74) is 1.92. The second-order valence-electron chi connectivity index (χ2n) is 7.85. The van der Waals surface area contributed by atoms with Crippen molar-refractivity contribution in [1.82, 2.24) is 19.8 Å². The number of aromatic amines is 1. The number of benzene rings is 1. The average molecular weight is 384 g/mol. The molecule has 1 aromatic heterocycles. The van der Waals surface area contributed by atoms with E-state index in [1.165, 1.54) is 24.3 Å². The van der Waals surface area contributed by atoms with Crippen LogP contribution in [-0.2, 0) is 13.0 Å². The van der Waals surface area contributed by atoms with E-state index in [2.05, 4.69) is 23.7 Å². The van der Waals surface area contributed by atoms with Crippen molar-refractivity contribution in [3.8, 4) is 0 Å². The molecule has 2 aliphatic rings. The molecular formula is C21H25FN4O2. The molecule has 0 bridgehead atoms. The molecule has 148 valence electrons. The van der Waals surface area contributed by atoms with E-state index in [0.717, 1.165) is 37.1 Å². The largest absolute Gasteiger partial charge is 0.328 e. The van der Waals surface area contributed by atoms with Crippen LogP contribution in [0.25, 0.3) is 0 Å². The van der Waals surface area contributed by atoms with E-state index in [1.807, 2.05) is 0 Å². The van der Waals surface area contributed by atoms with Gasteiger partial charge in [0.15, 0.2) is 0 Å². The molecule has 0 saturated carbocycles. The second kappa shape index (κ2) is 7.47. The zero-order valence-corrected chi connectivity index (χ0v) is 16.2. The number of amides is 1. The third kappa shape index (κ3) is 3.46. The molecule has 1 unspecified atom stereocenters. The minimum absolute atomic E-state index is 0.105. The highest BCUT2D eigenvalue weighted by Crippen LogP contribution is 2.31. The third-order valence-electron chi connectivity index (χ3n) is 5.77. The number of likely N-dealkylation sites (tertiary alicyclic amines) is 1. The van der Waals surface area contributed by atoms with Crippen LogP contribution in [0, 0.1) is 5.82 Å². The molecule has 1 saturated heterocycles. The number of carbonyl (C=O) groups excluding carboxylic acids is 1. The first-order valence-electron chi connectivity index (χ1n) is 9.86. The molecule has 7 heteroatoms. The van der Waals surface area contributed by atoms with Crippen molar-refractivity contribution in [1.29, 1.82) is 0 Å². The van der Waals surface area contributed by atoms with Crippen molar-refractivity contribution in [2.45, 2.75) is 51.7 Å². The molecule has 0 radical (unpaired) electrons. The molecule has 6 nitrogen and oxygen atoms in total. The van der Waals surface area contributed by atoms with Crippen molar-refractivity contribution in [2.75, 3.05) is 13.1 Å². The van der Waals surface area contributed by atoms with Crippen molar-refractivity contribution >= 4 is 5.91 Å². The fourth-order valence-corrected chi connectivity index (χ4v) is 4.12. The van der Waals surface area contributed by atoms with Crippen LogP contribution < -0.4 is 5.56 Å². The molecule has 4 rings (SSSR count). The molecule has 1 aromatic carbocycles. The maximum absolute atomic E-state index is 13.2. The van der Waals surface area contributed by atoms with E-state index in [4.69, 9.17) is 4.98 Å². The van der Waals surface area contributed by atoms with Crippen LogP contribution in [0.15, 0.2) is 29.1 Å². The van der Waals surface area contributed by atoms with Gasteiger partial charge < -0.3 is 9.88 Å². The molecule has 1 atom stereocenters. The predicted molar refractivity (Wildman–Crippen MR) is 104 cm³/mol. The molecule has 2 aromatic rings. The van der Waals surface area contributed by atoms with Gasteiger partial charge in [-0.05, 0) is 51.0 Å². The topological polar surface area (TPSA) is 69.3 Å². The first kappa shape index (κ1) is 18.8. The van der Waals surface area contributed by atoms with Crippen LogP contribution in [-0.4, -0.2) is 44.8 Å². The van der Waals surface area contributed by atoms with Crippen LogP contribution in [0.4, 0.5) is 4.39 Å². The summed E-state index contributed by atoms with van der Waals surface area (Å²) in [6.07, 6.45) is 2.34. The lowest BCUT2D eigenvalue weighted by atomic mass is 10.0. The molecule has 1 N–H and O–H groups in total. The monoisotopic (exact) mass is 384 g/mol. The summed E-state index contributed by atoms with van der Waals surface area (Å²) in [6, 6.07) is 5.70. The quantitative estimate of drug-likeness (QED) is 0.883. The van der Waals surface area contributed by atoms with E-state index in [-0.39, 0.29) is 23.3 Å². The lowest BCUT2D eigenvalue weighted by Crippen LogP contribution is -2.40. The number of nitrogens with zero attached hydrogens (tertiary/aromatic N) is 3. The fraction of sp³-hybridized carbons (Fsp3) is 0.476. The Morgan fingerprint density at radius 1 is 1.25 bits per heavy atom. The summed E-state index contributed by atoms with van der Waals surface area (Å²) in [5, 5.41) is 0. The van der Waals surface area contributed by atoms with Gasteiger partial charge in [-0.1, -0.05) is 0 Å². The van der Waals surface area contributed by atoms with Gasteiger partial charge in [0.05, 0.1) is 17.3 Å². The number of halogens is 1. The molecule has 0 aliphatic carbocycles. The SMILES string of the molecule is CC(C)N1CCc2nc(C3CCCN3C(=O)c3ccc(F)cc3)[nH]c(=O)c2C1. The first-order valence-corrected chi connectivity index (χ1v) is 9.86. The van der Waals surface area contributed by atoms with E-state index in [1.54, 1.807) is 4.90 Å². The number of rotatable bonds is 3. The van der Waals surface area contributed by atoms with Gasteiger partial charge >= 0.3 is 0 Å². The van der Waals surface area contributed by atoms with Crippen LogP contribution in [0.2, 0.25) is 0 Å². The minimum atomic E-state index is -0.370. The molecule has 1 amide bonds. The summed E-state index contributed by atoms with van der Waals surface area (Å²) in [4.78, 5) is 37.3. The zero-order valence-electron chi connectivity index (χ0n) is 16.2. The zero-order chi connectivity index (χ0) is 19.8. The fourth-order valence-electron chi connectivity index (χ4n) is 4.12. The van der Waals surface area contributed by atoms with Gasteiger partial charge in [-0.15, -0.1) is 0 Å². The first-order chi connectivity index (χ1) is 13.4. The van der Waals surface area contributed by atoms with Gasteiger partial charge in [0, 0.05) is 37.7 Å². The summed E-state index contributed by atoms with van der Waals surface area (Å²) in [5.74, 6) is 0.0363. The molecule has 3 heterocycles. The van der Waals surface area contributed by atoms with Gasteiger partial charge in [-0.3, -0.25) is 14.5 Å². The molecule has 0 spiro atoms. The minimum Gasteiger partial charge on any atom is -0.328 e. The predicted octanol–water partition coefficient (Wildman–Crippen LogP) is 2.65. The van der Waals surface area contributed by atoms with Crippen LogP contribution in [0.3, 0.4) is 0 Å². The molecule has 2 aliphatic heterocycles. The summed E-state index contributed by atoms with van der Waals surface area (Å²) >= 11 is 0. The number of nitrogens with one attached hydrogen (secondary N) is 1. The Bertz CT molecular complexity index is 938. The van der Waals surface area contributed by atoms with Gasteiger partial charge in [-0.25, -0.2) is 9.37 Å². The smallest absolute Gasteiger partial charge is 0.255 e. The van der Waals surface area contributed by atoms with Crippen molar-refractivity contribution in [3.63, 3.8) is 0 Å². The van der Waals surface area contributed by atoms with Gasteiger partial charge in [0.25, 0.3) is 11.5 Å². The summed E-state index contributed by atoms with van der Waals surface area (Å²) < 4.78 is 13.2. The van der Waals surface area contributed by atoms with E-state index in [9.17, 15) is 14.0 Å². The Kier molecular flexibility index (Phi) is 5.02. The maximum Gasteiger partial charge on any atom is 0.255 e. The highest BCUT2D eigenvalue weighted by atomic mass is 19.1. The average Bonchev–Trinajstić information content (AvgIpc) is 3.17. The van der Waals surface area contributed by atoms with E-state index < -0.39 is 0 Å². The number of carbonyl (C=O) groups is 1. The highest BCUT2D eigenvalue weighted by Gasteiger charge is 2.33. The number of H-pyrrole nitrogens is 1. The molecular weight excluding hydrogens is 359 g/mol. The molecule has 28 heavy (non-hydrogen) atoms. The van der Waals surface area contributed by atoms with Gasteiger partial charge in [-0.2, -0.15) is 0 Å². The Balaban J connectivity index is 1.62. The van der Waals surface area contributed by atoms with Crippen molar-refractivity contribution in [3.05, 3.63) is 63.1 Å².